The van der Waals surface area contributed by atoms with E-state index in [-0.39, 0.29) is 37.2 Å². The maximum absolute atomic E-state index is 13.2. The number of hydrogen-bond acceptors (Lipinski definition) is 7. The molecule has 1 aromatic heterocycles. The molecule has 6 N–H and O–H groups in total. The highest BCUT2D eigenvalue weighted by Crippen LogP contribution is 2.17. The third kappa shape index (κ3) is 11.8. The van der Waals surface area contributed by atoms with E-state index in [1.54, 1.807) is 35.2 Å². The minimum absolute atomic E-state index is 0.141. The van der Waals surface area contributed by atoms with Crippen molar-refractivity contribution in [2.75, 3.05) is 19.8 Å². The van der Waals surface area contributed by atoms with Crippen LogP contribution in [0.4, 0.5) is 5.69 Å². The van der Waals surface area contributed by atoms with Crippen LogP contribution in [-0.4, -0.2) is 66.5 Å². The molecular formula is C26H41N7O5Si. The SMILES string of the molecule is CC(C)(C)OCC(=O)C(NC(=O)CNC(=O)c1cccc(N=C(N)N)c1)c1nccn1COCC[Si](C)(C)C. The molecule has 13 heteroatoms. The van der Waals surface area contributed by atoms with Gasteiger partial charge in [0.2, 0.25) is 5.91 Å². The summed E-state index contributed by atoms with van der Waals surface area (Å²) in [7, 11) is -1.27. The van der Waals surface area contributed by atoms with Gasteiger partial charge in [-0.05, 0) is 45.0 Å². The number of Topliss-reactive ketones (excluding diaryl/α,β-unsaturated/α-hetero) is 1. The number of hydrogen-bond donors (Lipinski definition) is 4. The average molecular weight is 560 g/mol. The summed E-state index contributed by atoms with van der Waals surface area (Å²) in [5, 5.41) is 5.23. The third-order valence-electron chi connectivity index (χ3n) is 5.28. The summed E-state index contributed by atoms with van der Waals surface area (Å²) >= 11 is 0. The third-order valence-corrected chi connectivity index (χ3v) is 6.99. The van der Waals surface area contributed by atoms with Gasteiger partial charge >= 0.3 is 0 Å². The number of aliphatic imine (C=N–C) groups is 1. The van der Waals surface area contributed by atoms with E-state index in [1.807, 2.05) is 20.8 Å². The van der Waals surface area contributed by atoms with E-state index in [0.717, 1.165) is 6.04 Å². The molecule has 2 amide bonds. The summed E-state index contributed by atoms with van der Waals surface area (Å²) in [4.78, 5) is 46.9. The van der Waals surface area contributed by atoms with Crippen LogP contribution in [0.3, 0.4) is 0 Å². The quantitative estimate of drug-likeness (QED) is 0.118. The number of ketones is 1. The first kappa shape index (κ1) is 31.7. The van der Waals surface area contributed by atoms with Gasteiger partial charge in [-0.25, -0.2) is 9.98 Å². The van der Waals surface area contributed by atoms with Crippen LogP contribution in [0.5, 0.6) is 0 Å². The molecule has 1 unspecified atom stereocenters. The number of nitrogens with one attached hydrogen (secondary N) is 2. The van der Waals surface area contributed by atoms with Crippen molar-refractivity contribution in [3.05, 3.63) is 48.0 Å². The second kappa shape index (κ2) is 14.0. The van der Waals surface area contributed by atoms with Crippen molar-refractivity contribution in [1.29, 1.82) is 0 Å². The molecule has 39 heavy (non-hydrogen) atoms. The summed E-state index contributed by atoms with van der Waals surface area (Å²) in [6, 6.07) is 6.19. The first-order chi connectivity index (χ1) is 18.1. The number of ether oxygens (including phenoxy) is 2. The Kier molecular flexibility index (Phi) is 11.4. The first-order valence-corrected chi connectivity index (χ1v) is 16.4. The van der Waals surface area contributed by atoms with Crippen molar-refractivity contribution >= 4 is 37.3 Å². The Hall–Kier alpha value is -3.55. The zero-order chi connectivity index (χ0) is 29.2. The molecule has 0 aliphatic carbocycles. The molecule has 1 atom stereocenters. The minimum Gasteiger partial charge on any atom is -0.370 e. The highest BCUT2D eigenvalue weighted by Gasteiger charge is 2.28. The topological polar surface area (TPSA) is 176 Å². The second-order valence-corrected chi connectivity index (χ2v) is 16.9. The number of amides is 2. The van der Waals surface area contributed by atoms with Gasteiger partial charge in [-0.3, -0.25) is 14.4 Å². The average Bonchev–Trinajstić information content (AvgIpc) is 3.29. The number of carbonyl (C=O) groups excluding carboxylic acids is 3. The molecule has 0 aliphatic heterocycles. The maximum Gasteiger partial charge on any atom is 0.251 e. The van der Waals surface area contributed by atoms with Gasteiger partial charge in [-0.1, -0.05) is 25.7 Å². The number of aromatic nitrogens is 2. The predicted octanol–water partition coefficient (Wildman–Crippen LogP) is 2.07. The molecule has 0 saturated carbocycles. The summed E-state index contributed by atoms with van der Waals surface area (Å²) in [5.74, 6) is -1.29. The van der Waals surface area contributed by atoms with Crippen LogP contribution in [0.25, 0.3) is 0 Å². The van der Waals surface area contributed by atoms with E-state index in [1.165, 1.54) is 6.07 Å². The molecule has 0 fully saturated rings. The summed E-state index contributed by atoms with van der Waals surface area (Å²) in [6.07, 6.45) is 3.23. The fourth-order valence-corrected chi connectivity index (χ4v) is 3.99. The Labute approximate surface area is 230 Å². The van der Waals surface area contributed by atoms with E-state index < -0.39 is 31.5 Å². The monoisotopic (exact) mass is 559 g/mol. The van der Waals surface area contributed by atoms with E-state index in [2.05, 4.69) is 40.3 Å². The molecule has 2 rings (SSSR count). The molecule has 1 heterocycles. The van der Waals surface area contributed by atoms with Crippen LogP contribution in [-0.2, 0) is 25.8 Å². The van der Waals surface area contributed by atoms with Gasteiger partial charge in [-0.2, -0.15) is 0 Å². The van der Waals surface area contributed by atoms with Crippen molar-refractivity contribution in [2.24, 2.45) is 16.5 Å². The molecule has 1 aromatic carbocycles. The zero-order valence-electron chi connectivity index (χ0n) is 23.6. The minimum atomic E-state index is -1.27. The lowest BCUT2D eigenvalue weighted by atomic mass is 10.1. The molecule has 0 radical (unpaired) electrons. The molecule has 12 nitrogen and oxygen atoms in total. The van der Waals surface area contributed by atoms with Gasteiger partial charge < -0.3 is 36.1 Å². The fraction of sp³-hybridized carbons (Fsp3) is 0.500. The van der Waals surface area contributed by atoms with Crippen molar-refractivity contribution in [2.45, 2.75) is 64.8 Å². The fourth-order valence-electron chi connectivity index (χ4n) is 3.23. The van der Waals surface area contributed by atoms with Crippen molar-refractivity contribution < 1.29 is 23.9 Å². The van der Waals surface area contributed by atoms with Crippen molar-refractivity contribution in [3.8, 4) is 0 Å². The van der Waals surface area contributed by atoms with E-state index >= 15 is 0 Å². The van der Waals surface area contributed by atoms with Gasteiger partial charge in [0.1, 0.15) is 25.2 Å². The number of rotatable bonds is 14. The molecule has 0 bridgehead atoms. The highest BCUT2D eigenvalue weighted by atomic mass is 28.3. The van der Waals surface area contributed by atoms with Crippen LogP contribution in [0.2, 0.25) is 25.7 Å². The molecule has 214 valence electrons. The molecule has 0 aliphatic rings. The second-order valence-electron chi connectivity index (χ2n) is 11.2. The summed E-state index contributed by atoms with van der Waals surface area (Å²) in [5.41, 5.74) is 10.9. The Balaban J connectivity index is 2.11. The van der Waals surface area contributed by atoms with Crippen LogP contribution < -0.4 is 22.1 Å². The normalized spacial score (nSPS) is 12.5. The lowest BCUT2D eigenvalue weighted by Crippen LogP contribution is -2.43. The van der Waals surface area contributed by atoms with Gasteiger partial charge in [0.15, 0.2) is 11.7 Å². The number of nitrogens with two attached hydrogens (primary N) is 2. The van der Waals surface area contributed by atoms with Crippen molar-refractivity contribution in [1.82, 2.24) is 20.2 Å². The molecule has 0 saturated heterocycles. The van der Waals surface area contributed by atoms with Crippen LogP contribution >= 0.6 is 0 Å². The lowest BCUT2D eigenvalue weighted by Gasteiger charge is -2.23. The summed E-state index contributed by atoms with van der Waals surface area (Å²) < 4.78 is 13.2. The first-order valence-electron chi connectivity index (χ1n) is 12.7. The largest absolute Gasteiger partial charge is 0.370 e. The lowest BCUT2D eigenvalue weighted by molar-refractivity contribution is -0.134. The molecule has 2 aromatic rings. The maximum atomic E-state index is 13.2. The van der Waals surface area contributed by atoms with Gasteiger partial charge in [0.25, 0.3) is 5.91 Å². The van der Waals surface area contributed by atoms with Gasteiger partial charge in [0.05, 0.1) is 17.8 Å². The number of benzene rings is 1. The zero-order valence-corrected chi connectivity index (χ0v) is 24.6. The number of carbonyl (C=O) groups is 3. The number of imidazole rings is 1. The van der Waals surface area contributed by atoms with Crippen LogP contribution in [0.1, 0.15) is 43.0 Å². The Morgan fingerprint density at radius 1 is 1.18 bits per heavy atom. The van der Waals surface area contributed by atoms with Crippen LogP contribution in [0, 0.1) is 0 Å². The van der Waals surface area contributed by atoms with E-state index in [0.29, 0.717) is 18.1 Å². The molecular weight excluding hydrogens is 518 g/mol. The van der Waals surface area contributed by atoms with E-state index in [9.17, 15) is 14.4 Å². The standard InChI is InChI=1S/C26H41N7O5Si/c1-26(2,3)38-16-20(34)22(23-29-10-11-33(23)17-37-12-13-39(4,5)6)32-21(35)15-30-24(36)18-8-7-9-19(14-18)31-25(27)28/h7-11,14,22H,12-13,15-17H2,1-6H3,(H,30,36)(H,32,35)(H4,27,28,31). The van der Waals surface area contributed by atoms with Gasteiger partial charge in [0, 0.05) is 32.6 Å². The van der Waals surface area contributed by atoms with Crippen molar-refractivity contribution in [3.63, 3.8) is 0 Å². The smallest absolute Gasteiger partial charge is 0.251 e. The predicted molar refractivity (Wildman–Crippen MR) is 152 cm³/mol. The summed E-state index contributed by atoms with van der Waals surface area (Å²) in [6.45, 7) is 12.4. The number of guanidine groups is 1. The van der Waals surface area contributed by atoms with Crippen LogP contribution in [0.15, 0.2) is 41.7 Å². The van der Waals surface area contributed by atoms with Gasteiger partial charge in [-0.15, -0.1) is 0 Å². The van der Waals surface area contributed by atoms with E-state index in [4.69, 9.17) is 20.9 Å². The Bertz CT molecular complexity index is 1160. The highest BCUT2D eigenvalue weighted by molar-refractivity contribution is 6.76. The Morgan fingerprint density at radius 3 is 2.54 bits per heavy atom. The Morgan fingerprint density at radius 2 is 1.90 bits per heavy atom. The molecule has 0 spiro atoms. The number of nitrogens with zero attached hydrogens (tertiary/aromatic N) is 3.